The molecule has 0 spiro atoms. The van der Waals surface area contributed by atoms with Crippen LogP contribution in [0, 0.1) is 0 Å². The van der Waals surface area contributed by atoms with Crippen molar-refractivity contribution in [1.82, 2.24) is 5.32 Å². The number of methoxy groups -OCH3 is 1. The Morgan fingerprint density at radius 3 is 2.13 bits per heavy atom. The summed E-state index contributed by atoms with van der Waals surface area (Å²) in [5.74, 6) is -1.40. The Hall–Kier alpha value is -1.30. The molecule has 1 unspecified atom stereocenters. The number of hydrogen-bond donors (Lipinski definition) is 1. The summed E-state index contributed by atoms with van der Waals surface area (Å²) in [6.07, 6.45) is -0.780. The van der Waals surface area contributed by atoms with Crippen molar-refractivity contribution in [2.24, 2.45) is 0 Å². The molecular weight excluding hydrogens is 448 g/mol. The number of hydrogen-bond acceptors (Lipinski definition) is 6. The third-order valence-corrected chi connectivity index (χ3v) is 7.83. The summed E-state index contributed by atoms with van der Waals surface area (Å²) in [7, 11) is -2.57. The molecule has 0 saturated heterocycles. The number of dihydropyridines is 1. The largest absolute Gasteiger partial charge is 0.466 e. The number of carbonyl (C=O) groups is 1. The molecule has 2 rings (SSSR count). The highest BCUT2D eigenvalue weighted by molar-refractivity contribution is 7.58. The summed E-state index contributed by atoms with van der Waals surface area (Å²) in [6.45, 7) is 10.6. The molecule has 1 heterocycles. The Labute approximate surface area is 188 Å². The van der Waals surface area contributed by atoms with Crippen LogP contribution in [0.2, 0.25) is 10.0 Å². The monoisotopic (exact) mass is 475 g/mol. The molecule has 0 aliphatic carbocycles. The van der Waals surface area contributed by atoms with Gasteiger partial charge < -0.3 is 19.1 Å². The number of benzene rings is 1. The van der Waals surface area contributed by atoms with E-state index >= 15 is 0 Å². The van der Waals surface area contributed by atoms with E-state index in [4.69, 9.17) is 37.0 Å². The quantitative estimate of drug-likeness (QED) is 0.363. The summed E-state index contributed by atoms with van der Waals surface area (Å²) < 4.78 is 30.9. The van der Waals surface area contributed by atoms with Crippen LogP contribution in [0.4, 0.5) is 0 Å². The van der Waals surface area contributed by atoms with Crippen molar-refractivity contribution in [2.75, 3.05) is 7.11 Å². The van der Waals surface area contributed by atoms with E-state index in [1.807, 2.05) is 0 Å². The standard InChI is InChI=1S/C21H28Cl2NO5P/c1-11(2)28-30(26,29-12(3)4)20-14(6)24-13(5)17(21(25)27-7)18(20)15-9-8-10-16(22)19(15)23/h8-12,18,24H,1-7H3. The lowest BCUT2D eigenvalue weighted by Gasteiger charge is -2.36. The fraction of sp³-hybridized carbons (Fsp3) is 0.476. The molecule has 1 aliphatic rings. The number of ether oxygens (including phenoxy) is 1. The molecule has 1 N–H and O–H groups in total. The lowest BCUT2D eigenvalue weighted by atomic mass is 9.86. The van der Waals surface area contributed by atoms with Crippen LogP contribution in [-0.4, -0.2) is 25.3 Å². The maximum absolute atomic E-state index is 14.1. The Morgan fingerprint density at radius 1 is 1.07 bits per heavy atom. The zero-order chi connectivity index (χ0) is 22.8. The molecule has 0 saturated carbocycles. The van der Waals surface area contributed by atoms with Gasteiger partial charge in [-0.1, -0.05) is 35.3 Å². The van der Waals surface area contributed by atoms with Gasteiger partial charge in [-0.15, -0.1) is 0 Å². The molecule has 9 heteroatoms. The van der Waals surface area contributed by atoms with Gasteiger partial charge in [0, 0.05) is 11.4 Å². The van der Waals surface area contributed by atoms with Gasteiger partial charge in [-0.05, 0) is 53.2 Å². The van der Waals surface area contributed by atoms with Gasteiger partial charge in [0.15, 0.2) is 0 Å². The van der Waals surface area contributed by atoms with Crippen molar-refractivity contribution in [3.8, 4) is 0 Å². The third kappa shape index (κ3) is 5.12. The Balaban J connectivity index is 2.86. The zero-order valence-electron chi connectivity index (χ0n) is 18.2. The summed E-state index contributed by atoms with van der Waals surface area (Å²) >= 11 is 12.8. The number of esters is 1. The second-order valence-corrected chi connectivity index (χ2v) is 10.2. The highest BCUT2D eigenvalue weighted by Crippen LogP contribution is 2.65. The van der Waals surface area contributed by atoms with Crippen molar-refractivity contribution < 1.29 is 23.1 Å². The van der Waals surface area contributed by atoms with Crippen LogP contribution >= 0.6 is 30.8 Å². The number of carbonyl (C=O) groups excluding carboxylic acids is 1. The highest BCUT2D eigenvalue weighted by atomic mass is 35.5. The lowest BCUT2D eigenvalue weighted by molar-refractivity contribution is -0.136. The molecule has 1 atom stereocenters. The van der Waals surface area contributed by atoms with Crippen molar-refractivity contribution >= 4 is 36.8 Å². The van der Waals surface area contributed by atoms with Crippen LogP contribution < -0.4 is 5.32 Å². The normalized spacial score (nSPS) is 17.6. The van der Waals surface area contributed by atoms with E-state index in [2.05, 4.69) is 5.32 Å². The Bertz CT molecular complexity index is 925. The molecule has 166 valence electrons. The Morgan fingerprint density at radius 2 is 1.63 bits per heavy atom. The molecule has 1 aromatic carbocycles. The van der Waals surface area contributed by atoms with E-state index in [9.17, 15) is 9.36 Å². The number of nitrogens with one attached hydrogen (secondary N) is 1. The van der Waals surface area contributed by atoms with Gasteiger partial charge in [-0.2, -0.15) is 0 Å². The van der Waals surface area contributed by atoms with Gasteiger partial charge in [0.25, 0.3) is 0 Å². The topological polar surface area (TPSA) is 73.9 Å². The average molecular weight is 476 g/mol. The first-order valence-corrected chi connectivity index (χ1v) is 11.9. The molecule has 1 aliphatic heterocycles. The number of rotatable bonds is 7. The summed E-state index contributed by atoms with van der Waals surface area (Å²) in [6, 6.07) is 5.11. The summed E-state index contributed by atoms with van der Waals surface area (Å²) in [4.78, 5) is 12.8. The molecule has 0 amide bonds. The maximum atomic E-state index is 14.1. The predicted molar refractivity (Wildman–Crippen MR) is 120 cm³/mol. The van der Waals surface area contributed by atoms with E-state index in [0.29, 0.717) is 27.3 Å². The zero-order valence-corrected chi connectivity index (χ0v) is 20.6. The van der Waals surface area contributed by atoms with Gasteiger partial charge in [0.05, 0.1) is 46.2 Å². The van der Waals surface area contributed by atoms with Gasteiger partial charge in [-0.25, -0.2) is 4.79 Å². The SMILES string of the molecule is COC(=O)C1=C(C)NC(C)=C(P(=O)(OC(C)C)OC(C)C)C1c1cccc(Cl)c1Cl. The van der Waals surface area contributed by atoms with Crippen molar-refractivity contribution in [3.05, 3.63) is 56.1 Å². The Kier molecular flexibility index (Phi) is 8.22. The first kappa shape index (κ1) is 25.0. The van der Waals surface area contributed by atoms with Crippen LogP contribution in [0.3, 0.4) is 0 Å². The van der Waals surface area contributed by atoms with E-state index in [1.165, 1.54) is 7.11 Å². The van der Waals surface area contributed by atoms with E-state index in [1.54, 1.807) is 59.7 Å². The minimum Gasteiger partial charge on any atom is -0.466 e. The van der Waals surface area contributed by atoms with Gasteiger partial charge in [0.2, 0.25) is 0 Å². The molecule has 0 bridgehead atoms. The van der Waals surface area contributed by atoms with Gasteiger partial charge in [-0.3, -0.25) is 4.57 Å². The molecule has 0 aromatic heterocycles. The molecule has 30 heavy (non-hydrogen) atoms. The van der Waals surface area contributed by atoms with Crippen LogP contribution in [0.5, 0.6) is 0 Å². The van der Waals surface area contributed by atoms with Crippen molar-refractivity contribution in [3.63, 3.8) is 0 Å². The fourth-order valence-corrected chi connectivity index (χ4v) is 6.32. The van der Waals surface area contributed by atoms with Gasteiger partial charge in [0.1, 0.15) is 0 Å². The predicted octanol–water partition coefficient (Wildman–Crippen LogP) is 6.40. The minimum atomic E-state index is -3.86. The van der Waals surface area contributed by atoms with Crippen LogP contribution in [0.1, 0.15) is 53.0 Å². The van der Waals surface area contributed by atoms with E-state index in [0.717, 1.165) is 0 Å². The summed E-state index contributed by atoms with van der Waals surface area (Å²) in [5.41, 5.74) is 1.90. The maximum Gasteiger partial charge on any atom is 0.360 e. The van der Waals surface area contributed by atoms with E-state index < -0.39 is 19.5 Å². The summed E-state index contributed by atoms with van der Waals surface area (Å²) in [5, 5.41) is 4.01. The minimum absolute atomic E-state index is 0.256. The second kappa shape index (κ2) is 9.88. The van der Waals surface area contributed by atoms with Crippen molar-refractivity contribution in [1.29, 1.82) is 0 Å². The fourth-order valence-electron chi connectivity index (χ4n) is 3.47. The molecule has 1 aromatic rings. The molecular formula is C21H28Cl2NO5P. The van der Waals surface area contributed by atoms with E-state index in [-0.39, 0.29) is 22.8 Å². The molecule has 6 nitrogen and oxygen atoms in total. The second-order valence-electron chi connectivity index (χ2n) is 7.55. The van der Waals surface area contributed by atoms with Crippen LogP contribution in [-0.2, 0) is 23.1 Å². The smallest absolute Gasteiger partial charge is 0.360 e. The van der Waals surface area contributed by atoms with Gasteiger partial charge >= 0.3 is 13.6 Å². The molecule has 0 radical (unpaired) electrons. The lowest BCUT2D eigenvalue weighted by Crippen LogP contribution is -2.30. The number of allylic oxidation sites excluding steroid dienone is 3. The third-order valence-electron chi connectivity index (χ3n) is 4.42. The average Bonchev–Trinajstić information content (AvgIpc) is 2.61. The van der Waals surface area contributed by atoms with Crippen LogP contribution in [0.15, 0.2) is 40.5 Å². The first-order chi connectivity index (χ1) is 13.9. The van der Waals surface area contributed by atoms with Crippen molar-refractivity contribution in [2.45, 2.75) is 59.7 Å². The molecule has 0 fully saturated rings. The van der Waals surface area contributed by atoms with Crippen LogP contribution in [0.25, 0.3) is 0 Å². The highest BCUT2D eigenvalue weighted by Gasteiger charge is 2.46. The number of halogens is 2. The first-order valence-electron chi connectivity index (χ1n) is 9.61.